The van der Waals surface area contributed by atoms with Gasteiger partial charge < -0.3 is 31.9 Å². The summed E-state index contributed by atoms with van der Waals surface area (Å²) in [6.45, 7) is 1.21. The normalized spacial score (nSPS) is 16.1. The predicted octanol–water partition coefficient (Wildman–Crippen LogP) is -1.91. The van der Waals surface area contributed by atoms with Crippen LogP contribution in [0.2, 0.25) is 0 Å². The monoisotopic (exact) mass is 513 g/mol. The molecule has 35 heavy (non-hydrogen) atoms. The maximum atomic E-state index is 13.0. The lowest BCUT2D eigenvalue weighted by Gasteiger charge is -2.42. The summed E-state index contributed by atoms with van der Waals surface area (Å²) >= 11 is 0. The average molecular weight is 513 g/mol. The molecule has 0 spiro atoms. The number of carbonyl (C=O) groups excluding carboxylic acids is 5. The molecule has 2 rings (SSSR count). The van der Waals surface area contributed by atoms with Gasteiger partial charge in [-0.05, 0) is 37.0 Å². The molecule has 1 aromatic rings. The highest BCUT2D eigenvalue weighted by molar-refractivity contribution is 7.46. The van der Waals surface area contributed by atoms with E-state index in [4.69, 9.17) is 21.3 Å². The van der Waals surface area contributed by atoms with Gasteiger partial charge in [-0.25, -0.2) is 4.57 Å². The maximum absolute atomic E-state index is 13.0. The Labute approximate surface area is 200 Å². The van der Waals surface area contributed by atoms with Crippen LogP contribution in [0.25, 0.3) is 0 Å². The van der Waals surface area contributed by atoms with Crippen molar-refractivity contribution >= 4 is 37.4 Å². The van der Waals surface area contributed by atoms with E-state index in [1.165, 1.54) is 31.2 Å². The number of benzene rings is 1. The second-order valence-electron chi connectivity index (χ2n) is 8.21. The summed E-state index contributed by atoms with van der Waals surface area (Å²) in [6.07, 6.45) is 0.616. The molecule has 0 saturated heterocycles. The zero-order chi connectivity index (χ0) is 26.4. The second-order valence-corrected chi connectivity index (χ2v) is 9.37. The molecule has 192 valence electrons. The SMILES string of the molecule is CC(=O)N[C@@H](Cc1ccc(OP(=O)(O)O)cc1)C(=O)NC1(C(=O)N[C@@H](CC(N)=O)C(N)=O)CCC1. The van der Waals surface area contributed by atoms with Crippen molar-refractivity contribution in [2.45, 2.75) is 56.7 Å². The van der Waals surface area contributed by atoms with Gasteiger partial charge in [0, 0.05) is 13.3 Å². The highest BCUT2D eigenvalue weighted by atomic mass is 31.2. The van der Waals surface area contributed by atoms with Gasteiger partial charge in [-0.3, -0.25) is 33.8 Å². The van der Waals surface area contributed by atoms with Crippen LogP contribution in [0.15, 0.2) is 24.3 Å². The number of phosphoric acid groups is 1. The summed E-state index contributed by atoms with van der Waals surface area (Å²) in [5, 5.41) is 7.49. The van der Waals surface area contributed by atoms with Crippen LogP contribution in [-0.2, 0) is 35.0 Å². The van der Waals surface area contributed by atoms with E-state index in [9.17, 15) is 28.5 Å². The Morgan fingerprint density at radius 1 is 1.06 bits per heavy atom. The minimum Gasteiger partial charge on any atom is -0.404 e. The van der Waals surface area contributed by atoms with Crippen molar-refractivity contribution in [1.82, 2.24) is 16.0 Å². The molecular weight excluding hydrogens is 485 g/mol. The van der Waals surface area contributed by atoms with Crippen LogP contribution >= 0.6 is 7.82 Å². The average Bonchev–Trinajstić information content (AvgIpc) is 2.69. The number of hydrogen-bond donors (Lipinski definition) is 7. The molecule has 5 amide bonds. The van der Waals surface area contributed by atoms with Gasteiger partial charge in [0.1, 0.15) is 23.4 Å². The molecule has 1 aliphatic carbocycles. The van der Waals surface area contributed by atoms with Crippen LogP contribution in [-0.4, -0.2) is 56.9 Å². The number of phosphoric ester groups is 1. The fourth-order valence-electron chi connectivity index (χ4n) is 3.50. The molecule has 9 N–H and O–H groups in total. The van der Waals surface area contributed by atoms with Crippen molar-refractivity contribution in [3.05, 3.63) is 29.8 Å². The second kappa shape index (κ2) is 11.3. The Morgan fingerprint density at radius 2 is 1.66 bits per heavy atom. The lowest BCUT2D eigenvalue weighted by Crippen LogP contribution is -2.67. The Bertz CT molecular complexity index is 1040. The molecule has 1 fully saturated rings. The number of carbonyl (C=O) groups is 5. The minimum absolute atomic E-state index is 0.00904. The minimum atomic E-state index is -4.73. The summed E-state index contributed by atoms with van der Waals surface area (Å²) in [4.78, 5) is 78.1. The first-order valence-electron chi connectivity index (χ1n) is 10.5. The summed E-state index contributed by atoms with van der Waals surface area (Å²) in [7, 11) is -4.73. The van der Waals surface area contributed by atoms with Crippen molar-refractivity contribution in [2.24, 2.45) is 11.5 Å². The smallest absolute Gasteiger partial charge is 0.404 e. The Kier molecular flexibility index (Phi) is 8.96. The number of nitrogens with two attached hydrogens (primary N) is 2. The lowest BCUT2D eigenvalue weighted by molar-refractivity contribution is -0.140. The molecule has 14 nitrogen and oxygen atoms in total. The maximum Gasteiger partial charge on any atom is 0.524 e. The molecule has 0 aliphatic heterocycles. The first kappa shape index (κ1) is 27.8. The van der Waals surface area contributed by atoms with Crippen LogP contribution < -0.4 is 31.9 Å². The van der Waals surface area contributed by atoms with Crippen LogP contribution in [0.5, 0.6) is 5.75 Å². The van der Waals surface area contributed by atoms with Gasteiger partial charge in [0.05, 0.1) is 6.42 Å². The van der Waals surface area contributed by atoms with E-state index in [0.717, 1.165) is 0 Å². The van der Waals surface area contributed by atoms with Crippen LogP contribution in [0.4, 0.5) is 0 Å². The predicted molar refractivity (Wildman–Crippen MR) is 120 cm³/mol. The van der Waals surface area contributed by atoms with Crippen molar-refractivity contribution in [3.63, 3.8) is 0 Å². The topological polar surface area (TPSA) is 240 Å². The van der Waals surface area contributed by atoms with E-state index in [-0.39, 0.29) is 25.0 Å². The standard InChI is InChI=1S/C20H28N5O9P/c1-11(26)23-15(9-12-3-5-13(6-4-12)34-35(31,32)33)18(29)25-20(7-2-8-20)19(30)24-14(17(22)28)10-16(21)27/h3-6,14-15H,2,7-10H2,1H3,(H2,21,27)(H2,22,28)(H,23,26)(H,24,30)(H,25,29)(H2,31,32,33)/t14-,15-/m0/s1. The van der Waals surface area contributed by atoms with Crippen molar-refractivity contribution < 1.29 is 42.8 Å². The molecule has 1 saturated carbocycles. The van der Waals surface area contributed by atoms with Crippen molar-refractivity contribution in [1.29, 1.82) is 0 Å². The van der Waals surface area contributed by atoms with E-state index in [2.05, 4.69) is 20.5 Å². The van der Waals surface area contributed by atoms with Gasteiger partial charge in [0.25, 0.3) is 0 Å². The van der Waals surface area contributed by atoms with Crippen molar-refractivity contribution in [3.8, 4) is 5.75 Å². The number of nitrogens with one attached hydrogen (secondary N) is 3. The number of hydrogen-bond acceptors (Lipinski definition) is 7. The lowest BCUT2D eigenvalue weighted by atomic mass is 9.75. The summed E-state index contributed by atoms with van der Waals surface area (Å²) < 4.78 is 15.4. The molecule has 0 aromatic heterocycles. The van der Waals surface area contributed by atoms with E-state index in [1.807, 2.05) is 0 Å². The van der Waals surface area contributed by atoms with Gasteiger partial charge in [-0.2, -0.15) is 0 Å². The van der Waals surface area contributed by atoms with Gasteiger partial charge in [-0.15, -0.1) is 0 Å². The van der Waals surface area contributed by atoms with Gasteiger partial charge in [0.2, 0.25) is 29.5 Å². The number of primary amides is 2. The van der Waals surface area contributed by atoms with E-state index < -0.39 is 61.4 Å². The third-order valence-corrected chi connectivity index (χ3v) is 5.79. The number of rotatable bonds is 12. The van der Waals surface area contributed by atoms with E-state index in [0.29, 0.717) is 12.0 Å². The zero-order valence-electron chi connectivity index (χ0n) is 18.9. The third-order valence-electron chi connectivity index (χ3n) is 5.34. The molecule has 1 aromatic carbocycles. The molecule has 0 bridgehead atoms. The fourth-order valence-corrected chi connectivity index (χ4v) is 3.89. The van der Waals surface area contributed by atoms with Gasteiger partial charge in [-0.1, -0.05) is 12.1 Å². The Hall–Kier alpha value is -3.48. The molecule has 2 atom stereocenters. The molecule has 0 radical (unpaired) electrons. The van der Waals surface area contributed by atoms with Crippen LogP contribution in [0, 0.1) is 0 Å². The quantitative estimate of drug-likeness (QED) is 0.154. The Morgan fingerprint density at radius 3 is 2.09 bits per heavy atom. The first-order valence-corrected chi connectivity index (χ1v) is 12.1. The van der Waals surface area contributed by atoms with Gasteiger partial charge >= 0.3 is 7.82 Å². The highest BCUT2D eigenvalue weighted by Crippen LogP contribution is 2.37. The molecule has 15 heteroatoms. The summed E-state index contributed by atoms with van der Waals surface area (Å²) in [5.41, 5.74) is 9.48. The van der Waals surface area contributed by atoms with E-state index in [1.54, 1.807) is 0 Å². The summed E-state index contributed by atoms with van der Waals surface area (Å²) in [6, 6.07) is 3.07. The fraction of sp³-hybridized carbons (Fsp3) is 0.450. The third kappa shape index (κ3) is 8.35. The van der Waals surface area contributed by atoms with Crippen molar-refractivity contribution in [2.75, 3.05) is 0 Å². The Balaban J connectivity index is 2.14. The highest BCUT2D eigenvalue weighted by Gasteiger charge is 2.47. The number of amides is 5. The largest absolute Gasteiger partial charge is 0.524 e. The van der Waals surface area contributed by atoms with Gasteiger partial charge in [0.15, 0.2) is 0 Å². The van der Waals surface area contributed by atoms with Crippen LogP contribution in [0.1, 0.15) is 38.2 Å². The zero-order valence-corrected chi connectivity index (χ0v) is 19.7. The van der Waals surface area contributed by atoms with E-state index >= 15 is 0 Å². The molecule has 0 heterocycles. The summed E-state index contributed by atoms with van der Waals surface area (Å²) in [5.74, 6) is -3.77. The molecule has 0 unspecified atom stereocenters. The first-order chi connectivity index (χ1) is 16.2. The van der Waals surface area contributed by atoms with Crippen LogP contribution in [0.3, 0.4) is 0 Å². The molecular formula is C20H28N5O9P. The molecule has 1 aliphatic rings.